The number of rotatable bonds is 3. The van der Waals surface area contributed by atoms with Crippen LogP contribution in [0.4, 0.5) is 0 Å². The largest absolute Gasteiger partial charge is 0.375 e. The van der Waals surface area contributed by atoms with Crippen molar-refractivity contribution in [2.45, 2.75) is 19.6 Å². The molecule has 0 N–H and O–H groups in total. The number of ether oxygens (including phenoxy) is 1. The van der Waals surface area contributed by atoms with Gasteiger partial charge in [-0.3, -0.25) is 19.3 Å². The Hall–Kier alpha value is -2.99. The predicted molar refractivity (Wildman–Crippen MR) is 98.4 cm³/mol. The van der Waals surface area contributed by atoms with Crippen LogP contribution in [0, 0.1) is 0 Å². The minimum absolute atomic E-state index is 0.0123. The monoisotopic (exact) mass is 364 g/mol. The summed E-state index contributed by atoms with van der Waals surface area (Å²) in [7, 11) is 0. The van der Waals surface area contributed by atoms with Gasteiger partial charge in [0.25, 0.3) is 17.7 Å². The van der Waals surface area contributed by atoms with E-state index in [4.69, 9.17) is 4.74 Å². The summed E-state index contributed by atoms with van der Waals surface area (Å²) < 4.78 is 5.47. The fraction of sp³-hybridized carbons (Fsp3) is 0.286. The lowest BCUT2D eigenvalue weighted by Crippen LogP contribution is -2.44. The van der Waals surface area contributed by atoms with E-state index in [1.165, 1.54) is 4.90 Å². The third-order valence-corrected chi connectivity index (χ3v) is 4.93. The molecule has 3 amide bonds. The molecule has 0 aromatic heterocycles. The van der Waals surface area contributed by atoms with Gasteiger partial charge in [-0.2, -0.15) is 0 Å². The molecule has 0 aliphatic carbocycles. The molecule has 1 atom stereocenters. The van der Waals surface area contributed by atoms with Crippen molar-refractivity contribution in [3.63, 3.8) is 0 Å². The molecule has 138 valence electrons. The van der Waals surface area contributed by atoms with Gasteiger partial charge >= 0.3 is 0 Å². The van der Waals surface area contributed by atoms with E-state index in [9.17, 15) is 14.4 Å². The summed E-state index contributed by atoms with van der Waals surface area (Å²) in [4.78, 5) is 41.1. The molecular formula is C21H20N2O4. The number of nitrogens with zero attached hydrogens (tertiary/aromatic N) is 2. The molecule has 2 aromatic carbocycles. The van der Waals surface area contributed by atoms with Gasteiger partial charge in [0.1, 0.15) is 0 Å². The third-order valence-electron chi connectivity index (χ3n) is 4.93. The summed E-state index contributed by atoms with van der Waals surface area (Å²) in [6.07, 6.45) is -0.0123. The maximum absolute atomic E-state index is 12.8. The maximum Gasteiger partial charge on any atom is 0.261 e. The summed E-state index contributed by atoms with van der Waals surface area (Å²) in [5.74, 6) is -0.823. The van der Waals surface area contributed by atoms with Crippen molar-refractivity contribution in [1.29, 1.82) is 0 Å². The molecule has 0 spiro atoms. The summed E-state index contributed by atoms with van der Waals surface area (Å²) in [6, 6.07) is 14.1. The van der Waals surface area contributed by atoms with Crippen molar-refractivity contribution in [3.8, 4) is 0 Å². The Bertz CT molecular complexity index is 910. The number of imide groups is 1. The van der Waals surface area contributed by atoms with Gasteiger partial charge in [0.15, 0.2) is 0 Å². The lowest BCUT2D eigenvalue weighted by molar-refractivity contribution is -0.0124. The highest BCUT2D eigenvalue weighted by molar-refractivity contribution is 6.22. The molecule has 2 aliphatic rings. The van der Waals surface area contributed by atoms with E-state index in [2.05, 4.69) is 0 Å². The molecule has 0 radical (unpaired) electrons. The van der Waals surface area contributed by atoms with Crippen molar-refractivity contribution in [2.24, 2.45) is 0 Å². The maximum atomic E-state index is 12.8. The number of carbonyl (C=O) groups is 3. The highest BCUT2D eigenvalue weighted by Gasteiger charge is 2.36. The van der Waals surface area contributed by atoms with Crippen LogP contribution >= 0.6 is 0 Å². The van der Waals surface area contributed by atoms with E-state index in [0.717, 1.165) is 5.56 Å². The lowest BCUT2D eigenvalue weighted by atomic mass is 10.0. The molecule has 2 aromatic rings. The van der Waals surface area contributed by atoms with Gasteiger partial charge in [-0.1, -0.05) is 30.3 Å². The average molecular weight is 364 g/mol. The van der Waals surface area contributed by atoms with E-state index in [1.807, 2.05) is 37.3 Å². The zero-order valence-electron chi connectivity index (χ0n) is 15.1. The highest BCUT2D eigenvalue weighted by atomic mass is 16.5. The molecule has 6 nitrogen and oxygen atoms in total. The fourth-order valence-corrected chi connectivity index (χ4v) is 3.52. The first-order valence-corrected chi connectivity index (χ1v) is 8.99. The summed E-state index contributed by atoms with van der Waals surface area (Å²) in [5, 5.41) is 0. The molecule has 1 unspecified atom stereocenters. The Morgan fingerprint density at radius 2 is 1.81 bits per heavy atom. The molecule has 4 rings (SSSR count). The second-order valence-corrected chi connectivity index (χ2v) is 6.87. The lowest BCUT2D eigenvalue weighted by Gasteiger charge is -2.31. The molecule has 1 fully saturated rings. The van der Waals surface area contributed by atoms with Gasteiger partial charge in [-0.05, 0) is 30.7 Å². The van der Waals surface area contributed by atoms with Crippen LogP contribution in [0.2, 0.25) is 0 Å². The van der Waals surface area contributed by atoms with E-state index < -0.39 is 0 Å². The third kappa shape index (κ3) is 3.24. The van der Waals surface area contributed by atoms with Gasteiger partial charge < -0.3 is 9.64 Å². The smallest absolute Gasteiger partial charge is 0.261 e. The molecule has 2 aliphatic heterocycles. The van der Waals surface area contributed by atoms with Crippen LogP contribution in [-0.4, -0.2) is 53.3 Å². The van der Waals surface area contributed by atoms with Crippen LogP contribution in [0.1, 0.15) is 43.6 Å². The Labute approximate surface area is 157 Å². The van der Waals surface area contributed by atoms with Gasteiger partial charge in [-0.15, -0.1) is 0 Å². The molecule has 1 saturated heterocycles. The van der Waals surface area contributed by atoms with Crippen LogP contribution in [0.15, 0.2) is 48.5 Å². The first kappa shape index (κ1) is 17.4. The number of amides is 3. The second-order valence-electron chi connectivity index (χ2n) is 6.87. The van der Waals surface area contributed by atoms with Gasteiger partial charge in [0.2, 0.25) is 0 Å². The van der Waals surface area contributed by atoms with E-state index in [-0.39, 0.29) is 30.4 Å². The summed E-state index contributed by atoms with van der Waals surface area (Å²) >= 11 is 0. The summed E-state index contributed by atoms with van der Waals surface area (Å²) in [6.45, 7) is 3.68. The molecule has 0 saturated carbocycles. The highest BCUT2D eigenvalue weighted by Crippen LogP contribution is 2.26. The van der Waals surface area contributed by atoms with Crippen molar-refractivity contribution >= 4 is 17.7 Å². The normalized spacial score (nSPS) is 19.4. The van der Waals surface area contributed by atoms with Crippen LogP contribution < -0.4 is 0 Å². The van der Waals surface area contributed by atoms with Crippen molar-refractivity contribution in [3.05, 3.63) is 70.8 Å². The van der Waals surface area contributed by atoms with E-state index in [1.54, 1.807) is 23.1 Å². The first-order valence-electron chi connectivity index (χ1n) is 8.99. The van der Waals surface area contributed by atoms with Crippen molar-refractivity contribution < 1.29 is 19.1 Å². The Morgan fingerprint density at radius 1 is 1.07 bits per heavy atom. The zero-order chi connectivity index (χ0) is 19.0. The first-order chi connectivity index (χ1) is 13.0. The van der Waals surface area contributed by atoms with Gasteiger partial charge in [0, 0.05) is 18.7 Å². The van der Waals surface area contributed by atoms with Crippen LogP contribution in [0.5, 0.6) is 0 Å². The van der Waals surface area contributed by atoms with Crippen LogP contribution in [-0.2, 0) is 11.3 Å². The van der Waals surface area contributed by atoms with Crippen LogP contribution in [0.25, 0.3) is 0 Å². The molecular weight excluding hydrogens is 344 g/mol. The molecule has 27 heavy (non-hydrogen) atoms. The topological polar surface area (TPSA) is 66.9 Å². The molecule has 0 bridgehead atoms. The number of hydrogen-bond donors (Lipinski definition) is 0. The quantitative estimate of drug-likeness (QED) is 0.784. The molecule has 2 heterocycles. The number of hydrogen-bond acceptors (Lipinski definition) is 4. The second kappa shape index (κ2) is 6.96. The Balaban J connectivity index is 1.58. The van der Waals surface area contributed by atoms with Crippen LogP contribution in [0.3, 0.4) is 0 Å². The Morgan fingerprint density at radius 3 is 2.56 bits per heavy atom. The van der Waals surface area contributed by atoms with Crippen molar-refractivity contribution in [2.75, 3.05) is 19.7 Å². The number of fused-ring (bicyclic) bond motifs is 1. The van der Waals surface area contributed by atoms with Crippen molar-refractivity contribution in [1.82, 2.24) is 9.80 Å². The van der Waals surface area contributed by atoms with Gasteiger partial charge in [0.05, 0.1) is 30.4 Å². The zero-order valence-corrected chi connectivity index (χ0v) is 15.1. The fourth-order valence-electron chi connectivity index (χ4n) is 3.52. The van der Waals surface area contributed by atoms with E-state index >= 15 is 0 Å². The average Bonchev–Trinajstić information content (AvgIpc) is 2.92. The summed E-state index contributed by atoms with van der Waals surface area (Å²) in [5.41, 5.74) is 1.95. The number of benzene rings is 2. The number of morpholine rings is 1. The minimum Gasteiger partial charge on any atom is -0.375 e. The molecule has 6 heteroatoms. The minimum atomic E-state index is -0.358. The Kier molecular flexibility index (Phi) is 4.49. The standard InChI is InChI=1S/C21H20N2O4/c1-14-12-22(9-10-27-14)19(24)16-7-8-17-18(11-16)21(26)23(20(17)25)13-15-5-3-2-4-6-15/h2-8,11,14H,9-10,12-13H2,1H3. The number of carbonyl (C=O) groups excluding carboxylic acids is 3. The SMILES string of the molecule is CC1CN(C(=O)c2ccc3c(c2)C(=O)N(Cc2ccccc2)C3=O)CCO1. The van der Waals surface area contributed by atoms with Gasteiger partial charge in [-0.25, -0.2) is 0 Å². The predicted octanol–water partition coefficient (Wildman–Crippen LogP) is 2.34. The van der Waals surface area contributed by atoms with E-state index in [0.29, 0.717) is 36.4 Å².